The molecular formula is C13H17NO4. The van der Waals surface area contributed by atoms with E-state index in [-0.39, 0.29) is 6.54 Å². The van der Waals surface area contributed by atoms with Gasteiger partial charge in [0.1, 0.15) is 0 Å². The first kappa shape index (κ1) is 14.2. The number of amides is 1. The maximum Gasteiger partial charge on any atom is 0.337 e. The number of aryl methyl sites for hydroxylation is 1. The van der Waals surface area contributed by atoms with Crippen LogP contribution in [0.5, 0.6) is 0 Å². The molecule has 0 saturated carbocycles. The van der Waals surface area contributed by atoms with Gasteiger partial charge in [-0.25, -0.2) is 4.79 Å². The highest BCUT2D eigenvalue weighted by Gasteiger charge is 2.30. The van der Waals surface area contributed by atoms with E-state index in [0.717, 1.165) is 18.1 Å². The van der Waals surface area contributed by atoms with Gasteiger partial charge in [-0.05, 0) is 38.0 Å². The topological polar surface area (TPSA) is 86.6 Å². The highest BCUT2D eigenvalue weighted by Crippen LogP contribution is 2.12. The number of hydrogen-bond donors (Lipinski definition) is 3. The molecule has 5 nitrogen and oxygen atoms in total. The highest BCUT2D eigenvalue weighted by atomic mass is 16.4. The molecule has 0 aliphatic carbocycles. The van der Waals surface area contributed by atoms with E-state index in [9.17, 15) is 14.7 Å². The van der Waals surface area contributed by atoms with Crippen LogP contribution in [0.1, 0.15) is 28.4 Å². The molecule has 3 N–H and O–H groups in total. The molecule has 98 valence electrons. The minimum atomic E-state index is -1.96. The zero-order valence-electron chi connectivity index (χ0n) is 10.7. The molecule has 0 spiro atoms. The van der Waals surface area contributed by atoms with Gasteiger partial charge in [0.05, 0.1) is 6.54 Å². The van der Waals surface area contributed by atoms with Crippen LogP contribution in [-0.2, 0) is 4.79 Å². The number of aliphatic carboxylic acids is 1. The Hall–Kier alpha value is -1.88. The summed E-state index contributed by atoms with van der Waals surface area (Å²) >= 11 is 0. The average molecular weight is 251 g/mol. The van der Waals surface area contributed by atoms with Crippen molar-refractivity contribution >= 4 is 11.9 Å². The van der Waals surface area contributed by atoms with Crippen LogP contribution in [0.2, 0.25) is 0 Å². The molecule has 0 radical (unpaired) electrons. The number of carboxylic acids is 1. The minimum absolute atomic E-state index is 0.339. The van der Waals surface area contributed by atoms with E-state index >= 15 is 0 Å². The van der Waals surface area contributed by atoms with Gasteiger partial charge >= 0.3 is 5.97 Å². The molecule has 0 bridgehead atoms. The number of carbonyl (C=O) groups is 2. The predicted molar refractivity (Wildman–Crippen MR) is 66.5 cm³/mol. The molecule has 0 aliphatic rings. The number of rotatable bonds is 4. The number of benzene rings is 1. The van der Waals surface area contributed by atoms with Crippen LogP contribution in [0.25, 0.3) is 0 Å². The molecule has 1 amide bonds. The van der Waals surface area contributed by atoms with E-state index in [0.29, 0.717) is 5.56 Å². The smallest absolute Gasteiger partial charge is 0.337 e. The first-order chi connectivity index (χ1) is 8.25. The molecule has 0 saturated heterocycles. The summed E-state index contributed by atoms with van der Waals surface area (Å²) in [5.41, 5.74) is 0.335. The van der Waals surface area contributed by atoms with Crippen molar-refractivity contribution in [3.63, 3.8) is 0 Å². The lowest BCUT2D eigenvalue weighted by Gasteiger charge is -2.18. The van der Waals surface area contributed by atoms with Crippen molar-refractivity contribution < 1.29 is 19.8 Å². The van der Waals surface area contributed by atoms with Crippen LogP contribution in [0.15, 0.2) is 18.2 Å². The number of hydrogen-bond acceptors (Lipinski definition) is 3. The van der Waals surface area contributed by atoms with E-state index in [1.54, 1.807) is 12.1 Å². The van der Waals surface area contributed by atoms with Crippen molar-refractivity contribution in [2.24, 2.45) is 0 Å². The summed E-state index contributed by atoms with van der Waals surface area (Å²) in [6.45, 7) is 4.51. The van der Waals surface area contributed by atoms with E-state index in [1.165, 1.54) is 0 Å². The molecule has 1 unspecified atom stereocenters. The minimum Gasteiger partial charge on any atom is -0.479 e. The van der Waals surface area contributed by atoms with E-state index < -0.39 is 17.5 Å². The van der Waals surface area contributed by atoms with Crippen molar-refractivity contribution in [2.75, 3.05) is 6.54 Å². The standard InChI is InChI=1S/C13H17NO4/c1-8-5-4-6-10(9(8)2)11(15)14-7-13(3,18)12(16)17/h4-6,18H,7H2,1-3H3,(H,14,15)(H,16,17). The van der Waals surface area contributed by atoms with Crippen molar-refractivity contribution in [1.82, 2.24) is 5.32 Å². The Labute approximate surface area is 105 Å². The normalized spacial score (nSPS) is 13.8. The molecule has 1 aromatic rings. The van der Waals surface area contributed by atoms with Gasteiger partial charge in [-0.15, -0.1) is 0 Å². The Morgan fingerprint density at radius 1 is 1.33 bits per heavy atom. The van der Waals surface area contributed by atoms with Crippen LogP contribution in [0, 0.1) is 13.8 Å². The number of carboxylic acid groups (broad SMARTS) is 1. The summed E-state index contributed by atoms with van der Waals surface area (Å²) in [5.74, 6) is -1.76. The maximum atomic E-state index is 11.9. The van der Waals surface area contributed by atoms with Gasteiger partial charge in [-0.1, -0.05) is 12.1 Å². The highest BCUT2D eigenvalue weighted by molar-refractivity contribution is 5.96. The zero-order valence-corrected chi connectivity index (χ0v) is 10.7. The quantitative estimate of drug-likeness (QED) is 0.741. The van der Waals surface area contributed by atoms with Crippen LogP contribution >= 0.6 is 0 Å². The number of nitrogens with one attached hydrogen (secondary N) is 1. The van der Waals surface area contributed by atoms with E-state index in [2.05, 4.69) is 5.32 Å². The molecule has 1 rings (SSSR count). The number of aliphatic hydroxyl groups is 1. The van der Waals surface area contributed by atoms with Gasteiger partial charge in [0.25, 0.3) is 5.91 Å². The Morgan fingerprint density at radius 3 is 2.50 bits per heavy atom. The third-order valence-corrected chi connectivity index (χ3v) is 2.90. The lowest BCUT2D eigenvalue weighted by Crippen LogP contribution is -2.46. The van der Waals surface area contributed by atoms with E-state index in [1.807, 2.05) is 19.9 Å². The van der Waals surface area contributed by atoms with Gasteiger partial charge in [0.2, 0.25) is 0 Å². The fourth-order valence-electron chi connectivity index (χ4n) is 1.42. The second-order valence-electron chi connectivity index (χ2n) is 4.51. The summed E-state index contributed by atoms with van der Waals surface area (Å²) in [6, 6.07) is 5.30. The Morgan fingerprint density at radius 2 is 1.94 bits per heavy atom. The summed E-state index contributed by atoms with van der Waals surface area (Å²) in [4.78, 5) is 22.6. The SMILES string of the molecule is Cc1cccc(C(=O)NCC(C)(O)C(=O)O)c1C. The van der Waals surface area contributed by atoms with Crippen molar-refractivity contribution in [2.45, 2.75) is 26.4 Å². The Kier molecular flexibility index (Phi) is 4.08. The zero-order chi connectivity index (χ0) is 13.9. The van der Waals surface area contributed by atoms with Gasteiger partial charge in [0.15, 0.2) is 5.60 Å². The monoisotopic (exact) mass is 251 g/mol. The molecule has 5 heteroatoms. The molecule has 0 aliphatic heterocycles. The molecule has 0 fully saturated rings. The average Bonchev–Trinajstić information content (AvgIpc) is 2.29. The third-order valence-electron chi connectivity index (χ3n) is 2.90. The first-order valence-corrected chi connectivity index (χ1v) is 5.56. The Balaban J connectivity index is 2.78. The van der Waals surface area contributed by atoms with Gasteiger partial charge in [0, 0.05) is 5.56 Å². The van der Waals surface area contributed by atoms with Crippen LogP contribution in [-0.4, -0.2) is 34.2 Å². The molecule has 18 heavy (non-hydrogen) atoms. The summed E-state index contributed by atoms with van der Waals surface area (Å²) in [7, 11) is 0. The summed E-state index contributed by atoms with van der Waals surface area (Å²) < 4.78 is 0. The fourth-order valence-corrected chi connectivity index (χ4v) is 1.42. The lowest BCUT2D eigenvalue weighted by molar-refractivity contribution is -0.155. The molecule has 0 aromatic heterocycles. The fraction of sp³-hybridized carbons (Fsp3) is 0.385. The molecule has 1 atom stereocenters. The van der Waals surface area contributed by atoms with E-state index in [4.69, 9.17) is 5.11 Å². The first-order valence-electron chi connectivity index (χ1n) is 5.56. The second-order valence-corrected chi connectivity index (χ2v) is 4.51. The van der Waals surface area contributed by atoms with Crippen LogP contribution < -0.4 is 5.32 Å². The third kappa shape index (κ3) is 3.07. The predicted octanol–water partition coefficient (Wildman–Crippen LogP) is 0.869. The van der Waals surface area contributed by atoms with Gasteiger partial charge < -0.3 is 15.5 Å². The Bertz CT molecular complexity index is 480. The van der Waals surface area contributed by atoms with Gasteiger partial charge in [-0.2, -0.15) is 0 Å². The summed E-state index contributed by atoms with van der Waals surface area (Å²) in [6.07, 6.45) is 0. The molecule has 0 heterocycles. The summed E-state index contributed by atoms with van der Waals surface area (Å²) in [5, 5.41) is 20.6. The molecular weight excluding hydrogens is 234 g/mol. The maximum absolute atomic E-state index is 11.9. The second kappa shape index (κ2) is 5.18. The lowest BCUT2D eigenvalue weighted by atomic mass is 10.0. The van der Waals surface area contributed by atoms with Crippen molar-refractivity contribution in [3.8, 4) is 0 Å². The largest absolute Gasteiger partial charge is 0.479 e. The van der Waals surface area contributed by atoms with Crippen LogP contribution in [0.4, 0.5) is 0 Å². The van der Waals surface area contributed by atoms with Crippen LogP contribution in [0.3, 0.4) is 0 Å². The van der Waals surface area contributed by atoms with Crippen molar-refractivity contribution in [1.29, 1.82) is 0 Å². The van der Waals surface area contributed by atoms with Crippen molar-refractivity contribution in [3.05, 3.63) is 34.9 Å². The molecule has 1 aromatic carbocycles. The number of carbonyl (C=O) groups excluding carboxylic acids is 1. The van der Waals surface area contributed by atoms with Gasteiger partial charge in [-0.3, -0.25) is 4.79 Å².